The van der Waals surface area contributed by atoms with Gasteiger partial charge in [0.1, 0.15) is 6.10 Å². The Hall–Kier alpha value is -1.46. The molecule has 1 aliphatic carbocycles. The van der Waals surface area contributed by atoms with Crippen LogP contribution in [0.5, 0.6) is 0 Å². The number of ether oxygens (including phenoxy) is 2. The highest BCUT2D eigenvalue weighted by atomic mass is 16.7. The van der Waals surface area contributed by atoms with Crippen LogP contribution < -0.4 is 0 Å². The van der Waals surface area contributed by atoms with Crippen molar-refractivity contribution in [3.05, 3.63) is 36.2 Å². The van der Waals surface area contributed by atoms with Gasteiger partial charge in [0.05, 0.1) is 18.8 Å². The normalized spacial score (nSPS) is 26.2. The maximum Gasteiger partial charge on any atom is 0.163 e. The molecule has 2 heterocycles. The van der Waals surface area contributed by atoms with Crippen LogP contribution in [0.4, 0.5) is 0 Å². The smallest absolute Gasteiger partial charge is 0.163 e. The Balaban J connectivity index is 1.64. The van der Waals surface area contributed by atoms with Gasteiger partial charge in [0.2, 0.25) is 0 Å². The summed E-state index contributed by atoms with van der Waals surface area (Å²) in [5, 5.41) is 8.33. The number of hydrogen-bond acceptors (Lipinski definition) is 4. The quantitative estimate of drug-likeness (QED) is 0.814. The van der Waals surface area contributed by atoms with Crippen LogP contribution in [-0.2, 0) is 16.0 Å². The highest BCUT2D eigenvalue weighted by Gasteiger charge is 2.33. The Morgan fingerprint density at radius 2 is 2.17 bits per heavy atom. The standard InChI is InChI=1S/C13H17N3O2/c1-13(2)17-9-11(18-13)7-16-8-12(14-15-16)10-5-3-4-6-10/h3-6,8,10-11H,7,9H2,1-2H3/t11-/m0/s1. The lowest BCUT2D eigenvalue weighted by Crippen LogP contribution is -2.24. The van der Waals surface area contributed by atoms with Gasteiger partial charge in [-0.1, -0.05) is 29.5 Å². The fraction of sp³-hybridized carbons (Fsp3) is 0.538. The summed E-state index contributed by atoms with van der Waals surface area (Å²) < 4.78 is 13.1. The van der Waals surface area contributed by atoms with E-state index in [0.717, 1.165) is 5.69 Å². The van der Waals surface area contributed by atoms with E-state index >= 15 is 0 Å². The third-order valence-corrected chi connectivity index (χ3v) is 3.10. The summed E-state index contributed by atoms with van der Waals surface area (Å²) in [5.74, 6) is -0.221. The van der Waals surface area contributed by atoms with Gasteiger partial charge in [0.25, 0.3) is 0 Å². The topological polar surface area (TPSA) is 49.2 Å². The van der Waals surface area contributed by atoms with Gasteiger partial charge in [-0.2, -0.15) is 0 Å². The lowest BCUT2D eigenvalue weighted by Gasteiger charge is -2.16. The average molecular weight is 247 g/mol. The predicted molar refractivity (Wildman–Crippen MR) is 65.9 cm³/mol. The van der Waals surface area contributed by atoms with Gasteiger partial charge in [-0.05, 0) is 13.8 Å². The zero-order valence-corrected chi connectivity index (χ0v) is 10.6. The summed E-state index contributed by atoms with van der Waals surface area (Å²) in [7, 11) is 0. The molecule has 1 saturated heterocycles. The molecule has 0 unspecified atom stereocenters. The molecule has 1 fully saturated rings. The van der Waals surface area contributed by atoms with Crippen LogP contribution in [0.2, 0.25) is 0 Å². The highest BCUT2D eigenvalue weighted by molar-refractivity contribution is 5.28. The first-order valence-electron chi connectivity index (χ1n) is 6.19. The van der Waals surface area contributed by atoms with Crippen molar-refractivity contribution in [2.24, 2.45) is 0 Å². The second kappa shape index (κ2) is 4.33. The van der Waals surface area contributed by atoms with Crippen LogP contribution in [0.3, 0.4) is 0 Å². The maximum absolute atomic E-state index is 5.75. The second-order valence-corrected chi connectivity index (χ2v) is 5.11. The van der Waals surface area contributed by atoms with Crippen molar-refractivity contribution in [2.75, 3.05) is 6.61 Å². The van der Waals surface area contributed by atoms with Crippen molar-refractivity contribution in [3.63, 3.8) is 0 Å². The molecule has 2 aliphatic rings. The fourth-order valence-corrected chi connectivity index (χ4v) is 2.25. The van der Waals surface area contributed by atoms with Gasteiger partial charge in [-0.3, -0.25) is 0 Å². The van der Waals surface area contributed by atoms with Crippen LogP contribution >= 0.6 is 0 Å². The van der Waals surface area contributed by atoms with Crippen LogP contribution in [0.15, 0.2) is 30.5 Å². The Kier molecular flexibility index (Phi) is 2.80. The van der Waals surface area contributed by atoms with Crippen LogP contribution in [0.1, 0.15) is 25.5 Å². The van der Waals surface area contributed by atoms with E-state index in [1.807, 2.05) is 36.9 Å². The molecule has 5 nitrogen and oxygen atoms in total. The molecule has 3 rings (SSSR count). The Morgan fingerprint density at radius 3 is 2.83 bits per heavy atom. The van der Waals surface area contributed by atoms with Gasteiger partial charge in [-0.15, -0.1) is 5.10 Å². The first-order valence-corrected chi connectivity index (χ1v) is 6.19. The first-order chi connectivity index (χ1) is 8.62. The first kappa shape index (κ1) is 11.6. The molecule has 1 aromatic rings. The largest absolute Gasteiger partial charge is 0.348 e. The molecule has 5 heteroatoms. The van der Waals surface area contributed by atoms with Gasteiger partial charge < -0.3 is 9.47 Å². The minimum atomic E-state index is -0.481. The number of rotatable bonds is 3. The summed E-state index contributed by atoms with van der Waals surface area (Å²) in [6, 6.07) is 0. The van der Waals surface area contributed by atoms with Crippen LogP contribution in [0, 0.1) is 0 Å². The van der Waals surface area contributed by atoms with E-state index in [1.54, 1.807) is 0 Å². The van der Waals surface area contributed by atoms with E-state index in [0.29, 0.717) is 13.2 Å². The Bertz CT molecular complexity index is 478. The molecule has 0 saturated carbocycles. The molecule has 0 aromatic carbocycles. The molecule has 1 aromatic heterocycles. The van der Waals surface area contributed by atoms with Gasteiger partial charge >= 0.3 is 0 Å². The fourth-order valence-electron chi connectivity index (χ4n) is 2.25. The molecule has 0 bridgehead atoms. The van der Waals surface area contributed by atoms with Crippen molar-refractivity contribution < 1.29 is 9.47 Å². The third-order valence-electron chi connectivity index (χ3n) is 3.10. The van der Waals surface area contributed by atoms with Crippen molar-refractivity contribution in [2.45, 2.75) is 38.2 Å². The van der Waals surface area contributed by atoms with E-state index in [1.165, 1.54) is 0 Å². The summed E-state index contributed by atoms with van der Waals surface area (Å²) in [6.45, 7) is 5.13. The van der Waals surface area contributed by atoms with Gasteiger partial charge in [0, 0.05) is 12.1 Å². The van der Waals surface area contributed by atoms with E-state index in [4.69, 9.17) is 9.47 Å². The zero-order valence-electron chi connectivity index (χ0n) is 10.6. The lowest BCUT2D eigenvalue weighted by molar-refractivity contribution is -0.139. The van der Waals surface area contributed by atoms with Crippen molar-refractivity contribution >= 4 is 0 Å². The molecule has 0 amide bonds. The van der Waals surface area contributed by atoms with Crippen molar-refractivity contribution in [3.8, 4) is 0 Å². The van der Waals surface area contributed by atoms with E-state index in [-0.39, 0.29) is 12.0 Å². The maximum atomic E-state index is 5.75. The SMILES string of the molecule is CC1(C)OC[C@H](Cn2cc(C3C=CC=C3)nn2)O1. The molecule has 0 radical (unpaired) electrons. The second-order valence-electron chi connectivity index (χ2n) is 5.11. The summed E-state index contributed by atoms with van der Waals surface area (Å²) >= 11 is 0. The highest BCUT2D eigenvalue weighted by Crippen LogP contribution is 2.24. The summed E-state index contributed by atoms with van der Waals surface area (Å²) in [6.07, 6.45) is 10.3. The molecular weight excluding hydrogens is 230 g/mol. The number of aromatic nitrogens is 3. The predicted octanol–water partition coefficient (Wildman–Crippen LogP) is 1.64. The van der Waals surface area contributed by atoms with E-state index in [2.05, 4.69) is 22.5 Å². The zero-order chi connectivity index (χ0) is 12.6. The molecular formula is C13H17N3O2. The van der Waals surface area contributed by atoms with Crippen LogP contribution in [0.25, 0.3) is 0 Å². The van der Waals surface area contributed by atoms with E-state index < -0.39 is 5.79 Å². The molecule has 96 valence electrons. The van der Waals surface area contributed by atoms with E-state index in [9.17, 15) is 0 Å². The molecule has 0 spiro atoms. The molecule has 18 heavy (non-hydrogen) atoms. The molecule has 1 aliphatic heterocycles. The van der Waals surface area contributed by atoms with Crippen molar-refractivity contribution in [1.82, 2.24) is 15.0 Å². The monoisotopic (exact) mass is 247 g/mol. The molecule has 0 N–H and O–H groups in total. The lowest BCUT2D eigenvalue weighted by atomic mass is 10.1. The molecule has 1 atom stereocenters. The summed E-state index contributed by atoms with van der Waals surface area (Å²) in [4.78, 5) is 0. The average Bonchev–Trinajstić information content (AvgIpc) is 2.99. The minimum Gasteiger partial charge on any atom is -0.348 e. The number of allylic oxidation sites excluding steroid dienone is 4. The van der Waals surface area contributed by atoms with Gasteiger partial charge in [0.15, 0.2) is 5.79 Å². The third kappa shape index (κ3) is 2.37. The minimum absolute atomic E-state index is 0.0456. The van der Waals surface area contributed by atoms with Gasteiger partial charge in [-0.25, -0.2) is 4.68 Å². The number of hydrogen-bond donors (Lipinski definition) is 0. The Morgan fingerprint density at radius 1 is 1.39 bits per heavy atom. The van der Waals surface area contributed by atoms with Crippen LogP contribution in [-0.4, -0.2) is 33.5 Å². The Labute approximate surface area is 106 Å². The number of nitrogens with zero attached hydrogens (tertiary/aromatic N) is 3. The summed E-state index contributed by atoms with van der Waals surface area (Å²) in [5.41, 5.74) is 0.971. The van der Waals surface area contributed by atoms with Crippen molar-refractivity contribution in [1.29, 1.82) is 0 Å².